The fourth-order valence-electron chi connectivity index (χ4n) is 4.69. The molecule has 0 saturated carbocycles. The Bertz CT molecular complexity index is 1400. The predicted octanol–water partition coefficient (Wildman–Crippen LogP) is 5.69. The van der Waals surface area contributed by atoms with Crippen LogP contribution in [0.5, 0.6) is 11.5 Å². The maximum Gasteiger partial charge on any atom is 0.335 e. The molecule has 0 bridgehead atoms. The third-order valence-corrected chi connectivity index (χ3v) is 6.94. The van der Waals surface area contributed by atoms with Crippen LogP contribution in [-0.2, 0) is 4.79 Å². The van der Waals surface area contributed by atoms with Crippen LogP contribution >= 0.6 is 0 Å². The summed E-state index contributed by atoms with van der Waals surface area (Å²) in [7, 11) is 0. The SMILES string of the molecule is O=C(O)c1cccc(OCC2CCN(c3ccc(NC(=O)C4C=C(Oc5ccc(F)cc5)C=CC4)cn3)CC2)c1. The molecule has 3 aromatic rings. The van der Waals surface area contributed by atoms with Crippen LogP contribution in [-0.4, -0.2) is 41.7 Å². The number of amides is 1. The van der Waals surface area contributed by atoms with E-state index in [0.717, 1.165) is 31.7 Å². The Morgan fingerprint density at radius 1 is 1.05 bits per heavy atom. The number of carboxylic acids is 1. The molecular formula is C31H30FN3O5. The van der Waals surface area contributed by atoms with E-state index in [-0.39, 0.29) is 17.3 Å². The van der Waals surface area contributed by atoms with Crippen LogP contribution < -0.4 is 19.7 Å². The molecule has 1 saturated heterocycles. The molecule has 40 heavy (non-hydrogen) atoms. The number of nitrogens with one attached hydrogen (secondary N) is 1. The number of aromatic carboxylic acids is 1. The first-order chi connectivity index (χ1) is 19.4. The number of rotatable bonds is 9. The lowest BCUT2D eigenvalue weighted by Gasteiger charge is -2.32. The second kappa shape index (κ2) is 12.5. The van der Waals surface area contributed by atoms with Gasteiger partial charge in [0.15, 0.2) is 0 Å². The standard InChI is InChI=1S/C31H30FN3O5/c32-24-7-10-26(11-8-24)40-28-6-1-3-22(17-28)30(36)34-25-9-12-29(33-19-25)35-15-13-21(14-16-35)20-39-27-5-2-4-23(18-27)31(37)38/h1-2,4-12,17-19,21-22H,3,13-16,20H2,(H,34,36)(H,37,38). The highest BCUT2D eigenvalue weighted by Crippen LogP contribution is 2.26. The number of ether oxygens (including phenoxy) is 2. The summed E-state index contributed by atoms with van der Waals surface area (Å²) >= 11 is 0. The lowest BCUT2D eigenvalue weighted by Crippen LogP contribution is -2.36. The lowest BCUT2D eigenvalue weighted by atomic mass is 9.98. The number of anilines is 2. The number of nitrogens with zero attached hydrogens (tertiary/aromatic N) is 2. The number of carboxylic acid groups (broad SMARTS) is 1. The molecule has 1 atom stereocenters. The van der Waals surface area contributed by atoms with Crippen molar-refractivity contribution in [3.05, 3.63) is 102 Å². The smallest absolute Gasteiger partial charge is 0.335 e. The molecule has 2 N–H and O–H groups in total. The number of carbonyl (C=O) groups excluding carboxylic acids is 1. The van der Waals surface area contributed by atoms with Crippen molar-refractivity contribution in [2.45, 2.75) is 19.3 Å². The minimum absolute atomic E-state index is 0.159. The molecule has 206 valence electrons. The van der Waals surface area contributed by atoms with E-state index in [1.54, 1.807) is 54.7 Å². The zero-order valence-corrected chi connectivity index (χ0v) is 21.8. The Morgan fingerprint density at radius 2 is 1.85 bits per heavy atom. The van der Waals surface area contributed by atoms with Gasteiger partial charge < -0.3 is 24.8 Å². The van der Waals surface area contributed by atoms with Gasteiger partial charge in [0.25, 0.3) is 0 Å². The molecular weight excluding hydrogens is 513 g/mol. The third kappa shape index (κ3) is 7.05. The molecule has 1 unspecified atom stereocenters. The summed E-state index contributed by atoms with van der Waals surface area (Å²) in [5.41, 5.74) is 0.829. The van der Waals surface area contributed by atoms with Gasteiger partial charge in [0.1, 0.15) is 28.9 Å². The fourth-order valence-corrected chi connectivity index (χ4v) is 4.69. The van der Waals surface area contributed by atoms with Crippen molar-refractivity contribution in [2.75, 3.05) is 29.9 Å². The summed E-state index contributed by atoms with van der Waals surface area (Å²) in [5, 5.41) is 12.1. The Hall–Kier alpha value is -4.66. The number of hydrogen-bond acceptors (Lipinski definition) is 6. The Balaban J connectivity index is 1.09. The molecule has 2 aliphatic rings. The summed E-state index contributed by atoms with van der Waals surface area (Å²) in [6.07, 6.45) is 9.53. The van der Waals surface area contributed by atoms with Gasteiger partial charge in [0.2, 0.25) is 5.91 Å². The molecule has 1 aliphatic carbocycles. The van der Waals surface area contributed by atoms with Crippen molar-refractivity contribution >= 4 is 23.4 Å². The van der Waals surface area contributed by atoms with E-state index >= 15 is 0 Å². The van der Waals surface area contributed by atoms with Crippen LogP contribution in [0.2, 0.25) is 0 Å². The molecule has 0 spiro atoms. The number of hydrogen-bond donors (Lipinski definition) is 2. The minimum atomic E-state index is -0.970. The fraction of sp³-hybridized carbons (Fsp3) is 0.258. The van der Waals surface area contributed by atoms with E-state index < -0.39 is 11.9 Å². The normalized spacial score (nSPS) is 17.2. The van der Waals surface area contributed by atoms with Crippen molar-refractivity contribution in [1.29, 1.82) is 0 Å². The highest BCUT2D eigenvalue weighted by molar-refractivity contribution is 5.94. The van der Waals surface area contributed by atoms with Crippen LogP contribution in [0.15, 0.2) is 90.8 Å². The molecule has 1 aromatic heterocycles. The molecule has 2 aromatic carbocycles. The summed E-state index contributed by atoms with van der Waals surface area (Å²) in [5.74, 6) is 0.963. The van der Waals surface area contributed by atoms with Crippen LogP contribution in [0.3, 0.4) is 0 Å². The van der Waals surface area contributed by atoms with Crippen LogP contribution in [0, 0.1) is 17.7 Å². The maximum atomic E-state index is 13.1. The van der Waals surface area contributed by atoms with Crippen molar-refractivity contribution in [1.82, 2.24) is 4.98 Å². The first-order valence-corrected chi connectivity index (χ1v) is 13.2. The Kier molecular flexibility index (Phi) is 8.39. The molecule has 1 aliphatic heterocycles. The number of piperidine rings is 1. The predicted molar refractivity (Wildman–Crippen MR) is 149 cm³/mol. The van der Waals surface area contributed by atoms with Gasteiger partial charge in [-0.05, 0) is 91.9 Å². The first kappa shape index (κ1) is 26.9. The number of allylic oxidation sites excluding steroid dienone is 2. The molecule has 1 amide bonds. The zero-order valence-electron chi connectivity index (χ0n) is 21.8. The average molecular weight is 544 g/mol. The number of benzene rings is 2. The van der Waals surface area contributed by atoms with E-state index in [0.29, 0.717) is 41.9 Å². The van der Waals surface area contributed by atoms with E-state index in [9.17, 15) is 14.0 Å². The van der Waals surface area contributed by atoms with Gasteiger partial charge in [-0.1, -0.05) is 12.1 Å². The van der Waals surface area contributed by atoms with Crippen molar-refractivity contribution in [3.8, 4) is 11.5 Å². The third-order valence-electron chi connectivity index (χ3n) is 6.94. The molecule has 9 heteroatoms. The number of halogens is 1. The second-order valence-corrected chi connectivity index (χ2v) is 9.84. The van der Waals surface area contributed by atoms with E-state index in [2.05, 4.69) is 15.2 Å². The first-order valence-electron chi connectivity index (χ1n) is 13.2. The number of aromatic nitrogens is 1. The lowest BCUT2D eigenvalue weighted by molar-refractivity contribution is -0.118. The molecule has 8 nitrogen and oxygen atoms in total. The van der Waals surface area contributed by atoms with Crippen LogP contribution in [0.1, 0.15) is 29.6 Å². The van der Waals surface area contributed by atoms with Crippen LogP contribution in [0.25, 0.3) is 0 Å². The summed E-state index contributed by atoms with van der Waals surface area (Å²) in [6, 6.07) is 16.0. The van der Waals surface area contributed by atoms with Gasteiger partial charge in [0.05, 0.1) is 30.0 Å². The molecule has 1 fully saturated rings. The zero-order chi connectivity index (χ0) is 27.9. The van der Waals surface area contributed by atoms with Gasteiger partial charge >= 0.3 is 5.97 Å². The second-order valence-electron chi connectivity index (χ2n) is 9.84. The van der Waals surface area contributed by atoms with Gasteiger partial charge in [-0.15, -0.1) is 0 Å². The monoisotopic (exact) mass is 543 g/mol. The van der Waals surface area contributed by atoms with E-state index in [4.69, 9.17) is 14.6 Å². The Morgan fingerprint density at radius 3 is 2.58 bits per heavy atom. The van der Waals surface area contributed by atoms with Crippen molar-refractivity contribution < 1.29 is 28.6 Å². The molecule has 0 radical (unpaired) electrons. The Labute approximate surface area is 231 Å². The van der Waals surface area contributed by atoms with Gasteiger partial charge in [-0.2, -0.15) is 0 Å². The average Bonchev–Trinajstić information content (AvgIpc) is 2.98. The number of pyridine rings is 1. The number of carbonyl (C=O) groups is 2. The highest BCUT2D eigenvalue weighted by atomic mass is 19.1. The van der Waals surface area contributed by atoms with Crippen LogP contribution in [0.4, 0.5) is 15.9 Å². The summed E-state index contributed by atoms with van der Waals surface area (Å²) in [6.45, 7) is 2.20. The van der Waals surface area contributed by atoms with E-state index in [1.807, 2.05) is 18.2 Å². The van der Waals surface area contributed by atoms with Gasteiger partial charge in [0, 0.05) is 13.1 Å². The van der Waals surface area contributed by atoms with Gasteiger partial charge in [-0.3, -0.25) is 4.79 Å². The highest BCUT2D eigenvalue weighted by Gasteiger charge is 2.22. The van der Waals surface area contributed by atoms with Crippen molar-refractivity contribution in [2.24, 2.45) is 11.8 Å². The summed E-state index contributed by atoms with van der Waals surface area (Å²) in [4.78, 5) is 30.8. The topological polar surface area (TPSA) is 101 Å². The largest absolute Gasteiger partial charge is 0.493 e. The molecule has 5 rings (SSSR count). The maximum absolute atomic E-state index is 13.1. The molecule has 2 heterocycles. The quantitative estimate of drug-likeness (QED) is 0.358. The van der Waals surface area contributed by atoms with Crippen molar-refractivity contribution in [3.63, 3.8) is 0 Å². The summed E-state index contributed by atoms with van der Waals surface area (Å²) < 4.78 is 24.8. The minimum Gasteiger partial charge on any atom is -0.493 e. The van der Waals surface area contributed by atoms with Gasteiger partial charge in [-0.25, -0.2) is 14.2 Å². The van der Waals surface area contributed by atoms with E-state index in [1.165, 1.54) is 12.1 Å².